The van der Waals surface area contributed by atoms with Crippen LogP contribution in [-0.4, -0.2) is 17.6 Å². The number of rotatable bonds is 1. The van der Waals surface area contributed by atoms with E-state index >= 15 is 0 Å². The van der Waals surface area contributed by atoms with Gasteiger partial charge in [-0.05, 0) is 31.6 Å². The number of nitrogens with two attached hydrogens (primary N) is 1. The van der Waals surface area contributed by atoms with Gasteiger partial charge in [0, 0.05) is 12.6 Å². The molecule has 2 N–H and O–H groups in total. The Morgan fingerprint density at radius 1 is 1.33 bits per heavy atom. The van der Waals surface area contributed by atoms with E-state index in [1.807, 2.05) is 0 Å². The van der Waals surface area contributed by atoms with E-state index in [0.29, 0.717) is 0 Å². The first-order valence-corrected chi connectivity index (χ1v) is 6.64. The smallest absolute Gasteiger partial charge is 0.187 e. The zero-order valence-electron chi connectivity index (χ0n) is 8.85. The average Bonchev–Trinajstić information content (AvgIpc) is 2.84. The highest BCUT2D eigenvalue weighted by molar-refractivity contribution is 7.19. The molecule has 1 aromatic heterocycles. The second-order valence-electron chi connectivity index (χ2n) is 4.64. The highest BCUT2D eigenvalue weighted by Gasteiger charge is 2.35. The van der Waals surface area contributed by atoms with Crippen LogP contribution in [-0.2, 0) is 0 Å². The van der Waals surface area contributed by atoms with Crippen molar-refractivity contribution in [2.45, 2.75) is 38.1 Å². The molecule has 3 rings (SSSR count). The predicted octanol–water partition coefficient (Wildman–Crippen LogP) is 2.49. The van der Waals surface area contributed by atoms with Crippen LogP contribution >= 0.6 is 11.3 Å². The largest absolute Gasteiger partial charge is 0.389 e. The monoisotopic (exact) mass is 223 g/mol. The highest BCUT2D eigenvalue weighted by atomic mass is 32.1. The van der Waals surface area contributed by atoms with Crippen molar-refractivity contribution in [3.63, 3.8) is 0 Å². The summed E-state index contributed by atoms with van der Waals surface area (Å²) >= 11 is 1.64. The summed E-state index contributed by atoms with van der Waals surface area (Å²) in [5.41, 5.74) is 5.75. The minimum atomic E-state index is 0.754. The summed E-state index contributed by atoms with van der Waals surface area (Å²) in [6, 6.07) is 0.754. The number of hydrogen-bond acceptors (Lipinski definition) is 4. The molecule has 2 fully saturated rings. The fraction of sp³-hybridized carbons (Fsp3) is 0.727. The molecule has 1 aliphatic heterocycles. The molecule has 0 amide bonds. The number of thiazole rings is 1. The summed E-state index contributed by atoms with van der Waals surface area (Å²) in [6.45, 7) is 1.17. The van der Waals surface area contributed by atoms with Crippen molar-refractivity contribution in [1.82, 2.24) is 4.98 Å². The van der Waals surface area contributed by atoms with Gasteiger partial charge in [-0.2, -0.15) is 0 Å². The third-order valence-corrected chi connectivity index (χ3v) is 4.61. The van der Waals surface area contributed by atoms with Gasteiger partial charge in [-0.1, -0.05) is 17.8 Å². The lowest BCUT2D eigenvalue weighted by atomic mass is 9.92. The van der Waals surface area contributed by atoms with Gasteiger partial charge in [0.15, 0.2) is 5.13 Å². The third-order valence-electron chi connectivity index (χ3n) is 3.75. The van der Waals surface area contributed by atoms with Crippen molar-refractivity contribution in [2.24, 2.45) is 5.92 Å². The van der Waals surface area contributed by atoms with Gasteiger partial charge in [-0.15, -0.1) is 0 Å². The average molecular weight is 223 g/mol. The Morgan fingerprint density at radius 2 is 2.20 bits per heavy atom. The Kier molecular flexibility index (Phi) is 2.31. The summed E-state index contributed by atoms with van der Waals surface area (Å²) in [7, 11) is 0. The molecule has 0 aromatic carbocycles. The van der Waals surface area contributed by atoms with E-state index < -0.39 is 0 Å². The molecule has 2 unspecified atom stereocenters. The topological polar surface area (TPSA) is 42.1 Å². The molecule has 3 nitrogen and oxygen atoms in total. The van der Waals surface area contributed by atoms with Crippen molar-refractivity contribution in [1.29, 1.82) is 0 Å². The van der Waals surface area contributed by atoms with Crippen molar-refractivity contribution in [2.75, 3.05) is 17.2 Å². The predicted molar refractivity (Wildman–Crippen MR) is 64.2 cm³/mol. The summed E-state index contributed by atoms with van der Waals surface area (Å²) in [5, 5.41) is 1.98. The zero-order chi connectivity index (χ0) is 10.3. The summed E-state index contributed by atoms with van der Waals surface area (Å²) in [6.07, 6.45) is 8.69. The number of nitrogens with zero attached hydrogens (tertiary/aromatic N) is 2. The Balaban J connectivity index is 1.85. The Labute approximate surface area is 94.3 Å². The minimum absolute atomic E-state index is 0.754. The van der Waals surface area contributed by atoms with E-state index in [0.717, 1.165) is 22.1 Å². The van der Waals surface area contributed by atoms with Crippen LogP contribution in [0.5, 0.6) is 0 Å². The number of aromatic nitrogens is 1. The molecule has 4 heteroatoms. The van der Waals surface area contributed by atoms with Crippen LogP contribution in [0.4, 0.5) is 10.1 Å². The number of piperidine rings is 1. The number of fused-ring (bicyclic) bond motifs is 1. The first-order valence-electron chi connectivity index (χ1n) is 5.82. The van der Waals surface area contributed by atoms with Gasteiger partial charge in [0.05, 0.1) is 6.20 Å². The molecule has 0 radical (unpaired) electrons. The van der Waals surface area contributed by atoms with Gasteiger partial charge in [-0.25, -0.2) is 4.98 Å². The normalized spacial score (nSPS) is 30.5. The lowest BCUT2D eigenvalue weighted by Crippen LogP contribution is -2.42. The van der Waals surface area contributed by atoms with E-state index in [2.05, 4.69) is 9.88 Å². The van der Waals surface area contributed by atoms with Crippen LogP contribution < -0.4 is 10.6 Å². The molecule has 2 aliphatic rings. The third kappa shape index (κ3) is 1.61. The fourth-order valence-electron chi connectivity index (χ4n) is 3.10. The summed E-state index contributed by atoms with van der Waals surface area (Å²) < 4.78 is 0. The molecule has 15 heavy (non-hydrogen) atoms. The molecular weight excluding hydrogens is 206 g/mol. The van der Waals surface area contributed by atoms with Crippen LogP contribution in [0.1, 0.15) is 32.1 Å². The van der Waals surface area contributed by atoms with Crippen molar-refractivity contribution >= 4 is 21.5 Å². The van der Waals surface area contributed by atoms with Crippen LogP contribution in [0.2, 0.25) is 0 Å². The minimum Gasteiger partial charge on any atom is -0.389 e. The van der Waals surface area contributed by atoms with Gasteiger partial charge in [0.1, 0.15) is 5.00 Å². The standard InChI is InChI=1S/C11H17N3S/c12-10-7-13-11(15-10)14-6-2-4-8-3-1-5-9(8)14/h7-9H,1-6,12H2. The molecule has 82 valence electrons. The maximum atomic E-state index is 5.75. The van der Waals surface area contributed by atoms with Crippen molar-refractivity contribution in [3.8, 4) is 0 Å². The molecule has 1 saturated carbocycles. The van der Waals surface area contributed by atoms with E-state index in [-0.39, 0.29) is 0 Å². The van der Waals surface area contributed by atoms with Gasteiger partial charge >= 0.3 is 0 Å². The maximum Gasteiger partial charge on any atom is 0.187 e. The van der Waals surface area contributed by atoms with E-state index in [1.165, 1.54) is 38.6 Å². The SMILES string of the molecule is Nc1cnc(N2CCCC3CCCC32)s1. The molecule has 1 aromatic rings. The van der Waals surface area contributed by atoms with Crippen molar-refractivity contribution < 1.29 is 0 Å². The lowest BCUT2D eigenvalue weighted by molar-refractivity contribution is 0.362. The van der Waals surface area contributed by atoms with Crippen LogP contribution in [0.3, 0.4) is 0 Å². The number of hydrogen-bond donors (Lipinski definition) is 1. The van der Waals surface area contributed by atoms with Crippen LogP contribution in [0.25, 0.3) is 0 Å². The molecule has 1 aliphatic carbocycles. The Morgan fingerprint density at radius 3 is 3.00 bits per heavy atom. The second-order valence-corrected chi connectivity index (χ2v) is 5.68. The lowest BCUT2D eigenvalue weighted by Gasteiger charge is -2.37. The fourth-order valence-corrected chi connectivity index (χ4v) is 3.87. The molecule has 1 saturated heterocycles. The highest BCUT2D eigenvalue weighted by Crippen LogP contribution is 2.40. The first kappa shape index (κ1) is 9.46. The molecular formula is C11H17N3S. The maximum absolute atomic E-state index is 5.75. The second kappa shape index (κ2) is 3.67. The van der Waals surface area contributed by atoms with Crippen molar-refractivity contribution in [3.05, 3.63) is 6.20 Å². The van der Waals surface area contributed by atoms with Crippen LogP contribution in [0.15, 0.2) is 6.20 Å². The molecule has 0 bridgehead atoms. The molecule has 0 spiro atoms. The van der Waals surface area contributed by atoms with Gasteiger partial charge in [-0.3, -0.25) is 0 Å². The summed E-state index contributed by atoms with van der Waals surface area (Å²) in [5.74, 6) is 0.920. The summed E-state index contributed by atoms with van der Waals surface area (Å²) in [4.78, 5) is 6.92. The van der Waals surface area contributed by atoms with E-state index in [9.17, 15) is 0 Å². The quantitative estimate of drug-likeness (QED) is 0.795. The Bertz CT molecular complexity index is 349. The first-order chi connectivity index (χ1) is 7.34. The van der Waals surface area contributed by atoms with E-state index in [4.69, 9.17) is 5.73 Å². The van der Waals surface area contributed by atoms with E-state index in [1.54, 1.807) is 17.5 Å². The Hall–Kier alpha value is -0.770. The molecule has 2 heterocycles. The van der Waals surface area contributed by atoms with Gasteiger partial charge < -0.3 is 10.6 Å². The number of anilines is 2. The molecule has 2 atom stereocenters. The van der Waals surface area contributed by atoms with Crippen LogP contribution in [0, 0.1) is 5.92 Å². The van der Waals surface area contributed by atoms with Gasteiger partial charge in [0.25, 0.3) is 0 Å². The zero-order valence-corrected chi connectivity index (χ0v) is 9.67. The number of nitrogen functional groups attached to an aromatic ring is 1. The van der Waals surface area contributed by atoms with Gasteiger partial charge in [0.2, 0.25) is 0 Å².